The molecule has 2 saturated carbocycles. The molecule has 0 radical (unpaired) electrons. The first kappa shape index (κ1) is 28.6. The average Bonchev–Trinajstić information content (AvgIpc) is 3.67. The van der Waals surface area contributed by atoms with Crippen molar-refractivity contribution < 1.29 is 24.2 Å². The summed E-state index contributed by atoms with van der Waals surface area (Å²) in [7, 11) is 1.63. The van der Waals surface area contributed by atoms with Crippen LogP contribution in [0.5, 0.6) is 5.75 Å². The van der Waals surface area contributed by atoms with E-state index < -0.39 is 17.9 Å². The van der Waals surface area contributed by atoms with Gasteiger partial charge in [0.15, 0.2) is 0 Å². The predicted molar refractivity (Wildman–Crippen MR) is 141 cm³/mol. The van der Waals surface area contributed by atoms with E-state index in [-0.39, 0.29) is 29.6 Å². The summed E-state index contributed by atoms with van der Waals surface area (Å²) in [5.74, 6) is 0.978. The average molecular weight is 503 g/mol. The lowest BCUT2D eigenvalue weighted by atomic mass is 9.74. The fourth-order valence-electron chi connectivity index (χ4n) is 5.57. The highest BCUT2D eigenvalue weighted by atomic mass is 16.5. The molecule has 1 aromatic rings. The number of aromatic nitrogens is 1. The molecule has 1 amide bonds. The zero-order valence-electron chi connectivity index (χ0n) is 23.0. The normalized spacial score (nSPS) is 23.1. The lowest BCUT2D eigenvalue weighted by Crippen LogP contribution is -2.48. The van der Waals surface area contributed by atoms with E-state index in [4.69, 9.17) is 9.47 Å². The van der Waals surface area contributed by atoms with Gasteiger partial charge in [-0.3, -0.25) is 14.5 Å². The molecule has 7 heteroatoms. The van der Waals surface area contributed by atoms with Crippen molar-refractivity contribution in [2.45, 2.75) is 97.6 Å². The topological polar surface area (TPSA) is 89.0 Å². The number of rotatable bonds is 13. The zero-order chi connectivity index (χ0) is 26.4. The van der Waals surface area contributed by atoms with Crippen molar-refractivity contribution in [1.82, 2.24) is 4.98 Å². The van der Waals surface area contributed by atoms with Crippen LogP contribution in [0.3, 0.4) is 0 Å². The fourth-order valence-corrected chi connectivity index (χ4v) is 5.57. The molecule has 0 spiro atoms. The van der Waals surface area contributed by atoms with Crippen LogP contribution >= 0.6 is 0 Å². The van der Waals surface area contributed by atoms with Crippen molar-refractivity contribution in [3.8, 4) is 5.75 Å². The zero-order valence-corrected chi connectivity index (χ0v) is 23.0. The number of nitrogens with zero attached hydrogens (tertiary/aromatic N) is 2. The minimum Gasteiger partial charge on any atom is -0.496 e. The fraction of sp³-hybridized carbons (Fsp3) is 0.759. The number of pyridine rings is 1. The van der Waals surface area contributed by atoms with E-state index in [9.17, 15) is 14.7 Å². The summed E-state index contributed by atoms with van der Waals surface area (Å²) in [6.45, 7) is 11.6. The number of amides is 1. The number of carbonyl (C=O) groups is 2. The van der Waals surface area contributed by atoms with Crippen LogP contribution in [-0.4, -0.2) is 54.3 Å². The number of carbonyl (C=O) groups excluding carboxylic acids is 2. The standard InChI is InChI=1S/C29H46N2O5/c1-7-36-17-20(13-18(2)3)14-25(32)22-9-8-10-23(28(22)33)29(34)31(21-11-12-21)27-15-26(35-6)24(16-30-27)19(4)5/h15-16,18-23,28,33H,7-14,17H2,1-6H3/t20-,22-,23-,28+/m0/s1. The lowest BCUT2D eigenvalue weighted by Gasteiger charge is -2.36. The molecule has 2 aliphatic rings. The Kier molecular flexibility index (Phi) is 10.3. The monoisotopic (exact) mass is 502 g/mol. The molecule has 202 valence electrons. The second kappa shape index (κ2) is 13.0. The number of anilines is 1. The highest BCUT2D eigenvalue weighted by molar-refractivity contribution is 5.96. The summed E-state index contributed by atoms with van der Waals surface area (Å²) in [5.41, 5.74) is 0.996. The Morgan fingerprint density at radius 1 is 1.14 bits per heavy atom. The van der Waals surface area contributed by atoms with E-state index in [0.29, 0.717) is 44.2 Å². The third-order valence-corrected chi connectivity index (χ3v) is 7.56. The van der Waals surface area contributed by atoms with Gasteiger partial charge in [0.1, 0.15) is 17.4 Å². The summed E-state index contributed by atoms with van der Waals surface area (Å²) < 4.78 is 11.2. The quantitative estimate of drug-likeness (QED) is 0.402. The van der Waals surface area contributed by atoms with Crippen LogP contribution in [0.1, 0.15) is 91.0 Å². The van der Waals surface area contributed by atoms with Gasteiger partial charge < -0.3 is 14.6 Å². The van der Waals surface area contributed by atoms with Crippen LogP contribution in [-0.2, 0) is 14.3 Å². The first-order valence-electron chi connectivity index (χ1n) is 13.8. The number of hydrogen-bond donors (Lipinski definition) is 1. The SMILES string of the molecule is CCOC[C@H](CC(=O)[C@@H]1CCC[C@H](C(=O)N(c2cc(OC)c(C(C)C)cn2)C2CC2)[C@@H]1O)CC(C)C. The summed E-state index contributed by atoms with van der Waals surface area (Å²) in [6, 6.07) is 1.93. The molecule has 4 atom stereocenters. The van der Waals surface area contributed by atoms with Gasteiger partial charge in [0, 0.05) is 49.4 Å². The third kappa shape index (κ3) is 7.06. The number of methoxy groups -OCH3 is 1. The molecule has 1 N–H and O–H groups in total. The maximum absolute atomic E-state index is 13.8. The van der Waals surface area contributed by atoms with Crippen LogP contribution in [0.2, 0.25) is 0 Å². The molecule has 1 heterocycles. The van der Waals surface area contributed by atoms with Crippen molar-refractivity contribution in [2.75, 3.05) is 25.2 Å². The van der Waals surface area contributed by atoms with E-state index >= 15 is 0 Å². The number of aliphatic hydroxyl groups excluding tert-OH is 1. The van der Waals surface area contributed by atoms with Crippen molar-refractivity contribution in [1.29, 1.82) is 0 Å². The summed E-state index contributed by atoms with van der Waals surface area (Å²) in [5, 5.41) is 11.3. The van der Waals surface area contributed by atoms with E-state index in [1.807, 2.05) is 13.0 Å². The molecule has 0 bridgehead atoms. The predicted octanol–water partition coefficient (Wildman–Crippen LogP) is 5.14. The largest absolute Gasteiger partial charge is 0.496 e. The van der Waals surface area contributed by atoms with Crippen molar-refractivity contribution in [3.63, 3.8) is 0 Å². The van der Waals surface area contributed by atoms with E-state index in [1.54, 1.807) is 18.2 Å². The van der Waals surface area contributed by atoms with Gasteiger partial charge in [-0.25, -0.2) is 4.98 Å². The number of ether oxygens (including phenoxy) is 2. The number of Topliss-reactive ketones (excluding diaryl/α,β-unsaturated/α-hetero) is 1. The smallest absolute Gasteiger partial charge is 0.234 e. The molecular weight excluding hydrogens is 456 g/mol. The Morgan fingerprint density at radius 3 is 2.42 bits per heavy atom. The molecule has 7 nitrogen and oxygen atoms in total. The second-order valence-corrected chi connectivity index (χ2v) is 11.3. The Balaban J connectivity index is 1.76. The van der Waals surface area contributed by atoms with Gasteiger partial charge in [0.25, 0.3) is 0 Å². The first-order chi connectivity index (χ1) is 17.2. The van der Waals surface area contributed by atoms with Gasteiger partial charge in [-0.1, -0.05) is 34.1 Å². The summed E-state index contributed by atoms with van der Waals surface area (Å²) >= 11 is 0. The van der Waals surface area contributed by atoms with Gasteiger partial charge in [-0.2, -0.15) is 0 Å². The van der Waals surface area contributed by atoms with Crippen molar-refractivity contribution >= 4 is 17.5 Å². The number of ketones is 1. The molecule has 0 saturated heterocycles. The van der Waals surface area contributed by atoms with Crippen LogP contribution in [0, 0.1) is 23.7 Å². The molecule has 36 heavy (non-hydrogen) atoms. The molecule has 0 aliphatic heterocycles. The van der Waals surface area contributed by atoms with Gasteiger partial charge in [-0.15, -0.1) is 0 Å². The minimum absolute atomic E-state index is 0.0596. The molecule has 0 aromatic carbocycles. The number of hydrogen-bond acceptors (Lipinski definition) is 6. The van der Waals surface area contributed by atoms with E-state index in [0.717, 1.165) is 37.0 Å². The second-order valence-electron chi connectivity index (χ2n) is 11.3. The van der Waals surface area contributed by atoms with Crippen LogP contribution in [0.4, 0.5) is 5.82 Å². The third-order valence-electron chi connectivity index (χ3n) is 7.56. The molecule has 0 unspecified atom stereocenters. The van der Waals surface area contributed by atoms with Crippen LogP contribution in [0.15, 0.2) is 12.3 Å². The summed E-state index contributed by atoms with van der Waals surface area (Å²) in [6.07, 6.45) is 5.93. The Hall–Kier alpha value is -1.99. The van der Waals surface area contributed by atoms with Crippen molar-refractivity contribution in [2.24, 2.45) is 23.7 Å². The van der Waals surface area contributed by atoms with Gasteiger partial charge in [0.2, 0.25) is 5.91 Å². The molecule has 1 aromatic heterocycles. The molecule has 2 aliphatic carbocycles. The minimum atomic E-state index is -0.969. The van der Waals surface area contributed by atoms with E-state index in [1.165, 1.54) is 0 Å². The maximum Gasteiger partial charge on any atom is 0.234 e. The first-order valence-corrected chi connectivity index (χ1v) is 13.8. The molecule has 2 fully saturated rings. The number of aliphatic hydroxyl groups is 1. The summed E-state index contributed by atoms with van der Waals surface area (Å²) in [4.78, 5) is 33.6. The van der Waals surface area contributed by atoms with Crippen LogP contribution in [0.25, 0.3) is 0 Å². The maximum atomic E-state index is 13.8. The van der Waals surface area contributed by atoms with Gasteiger partial charge >= 0.3 is 0 Å². The van der Waals surface area contributed by atoms with E-state index in [2.05, 4.69) is 32.7 Å². The highest BCUT2D eigenvalue weighted by Gasteiger charge is 2.45. The molecule has 3 rings (SSSR count). The van der Waals surface area contributed by atoms with Crippen molar-refractivity contribution in [3.05, 3.63) is 17.8 Å². The van der Waals surface area contributed by atoms with Gasteiger partial charge in [-0.05, 0) is 56.8 Å². The highest BCUT2D eigenvalue weighted by Crippen LogP contribution is 2.39. The molecular formula is C29H46N2O5. The lowest BCUT2D eigenvalue weighted by molar-refractivity contribution is -0.137. The van der Waals surface area contributed by atoms with Gasteiger partial charge in [0.05, 0.1) is 19.1 Å². The Labute approximate surface area is 217 Å². The Morgan fingerprint density at radius 2 is 1.83 bits per heavy atom. The van der Waals surface area contributed by atoms with Crippen LogP contribution < -0.4 is 9.64 Å². The Bertz CT molecular complexity index is 882.